The first-order valence-corrected chi connectivity index (χ1v) is 8.52. The molecule has 0 unspecified atom stereocenters. The van der Waals surface area contributed by atoms with E-state index in [4.69, 9.17) is 16.3 Å². The maximum Gasteiger partial charge on any atom is 0.275 e. The van der Waals surface area contributed by atoms with Crippen molar-refractivity contribution in [2.75, 3.05) is 5.32 Å². The fraction of sp³-hybridized carbons (Fsp3) is 0.235. The van der Waals surface area contributed by atoms with E-state index in [9.17, 15) is 14.0 Å². The molecule has 1 fully saturated rings. The van der Waals surface area contributed by atoms with Crippen molar-refractivity contribution in [3.05, 3.63) is 51.8 Å². The number of hydrogen-bond donors (Lipinski definition) is 1. The lowest BCUT2D eigenvalue weighted by atomic mass is 10.2. The monoisotopic (exact) mass is 389 g/mol. The standard InChI is InChI=1S/C17H13ClFN5O3/c18-9-1-4-12-13(5-9)15(27-11-2-3-11)23-24(16(12)26)8-14(25)22-17-20-6-10(19)7-21-17/h1,4-7,11H,2-3,8H2,(H,20,21,22,25). The van der Waals surface area contributed by atoms with Gasteiger partial charge in [-0.05, 0) is 31.0 Å². The van der Waals surface area contributed by atoms with E-state index in [1.54, 1.807) is 18.2 Å². The summed E-state index contributed by atoms with van der Waals surface area (Å²) >= 11 is 6.02. The summed E-state index contributed by atoms with van der Waals surface area (Å²) in [7, 11) is 0. The third kappa shape index (κ3) is 3.87. The van der Waals surface area contributed by atoms with Gasteiger partial charge in [0.05, 0.1) is 23.2 Å². The minimum Gasteiger partial charge on any atom is -0.473 e. The first kappa shape index (κ1) is 17.3. The molecule has 1 N–H and O–H groups in total. The van der Waals surface area contributed by atoms with Gasteiger partial charge in [-0.25, -0.2) is 19.0 Å². The Morgan fingerprint density at radius 1 is 1.30 bits per heavy atom. The molecule has 4 rings (SSSR count). The van der Waals surface area contributed by atoms with Gasteiger partial charge in [0.15, 0.2) is 5.82 Å². The average Bonchev–Trinajstić information content (AvgIpc) is 3.45. The summed E-state index contributed by atoms with van der Waals surface area (Å²) in [6.07, 6.45) is 3.71. The molecule has 2 aromatic heterocycles. The van der Waals surface area contributed by atoms with Gasteiger partial charge in [-0.2, -0.15) is 0 Å². The van der Waals surface area contributed by atoms with E-state index in [0.717, 1.165) is 29.9 Å². The Kier molecular flexibility index (Phi) is 4.44. The van der Waals surface area contributed by atoms with Crippen molar-refractivity contribution in [2.45, 2.75) is 25.5 Å². The Morgan fingerprint density at radius 3 is 2.74 bits per heavy atom. The number of ether oxygens (including phenoxy) is 1. The van der Waals surface area contributed by atoms with Crippen LogP contribution in [0.5, 0.6) is 5.88 Å². The highest BCUT2D eigenvalue weighted by molar-refractivity contribution is 6.31. The number of fused-ring (bicyclic) bond motifs is 1. The van der Waals surface area contributed by atoms with E-state index in [-0.39, 0.29) is 24.5 Å². The minimum absolute atomic E-state index is 0.0482. The van der Waals surface area contributed by atoms with Crippen molar-refractivity contribution >= 4 is 34.2 Å². The number of carbonyl (C=O) groups excluding carboxylic acids is 1. The van der Waals surface area contributed by atoms with Gasteiger partial charge in [0.25, 0.3) is 5.56 Å². The van der Waals surface area contributed by atoms with Crippen LogP contribution in [0.15, 0.2) is 35.4 Å². The van der Waals surface area contributed by atoms with Gasteiger partial charge in [-0.15, -0.1) is 5.10 Å². The van der Waals surface area contributed by atoms with Crippen LogP contribution < -0.4 is 15.6 Å². The molecule has 8 nitrogen and oxygen atoms in total. The largest absolute Gasteiger partial charge is 0.473 e. The van der Waals surface area contributed by atoms with Crippen LogP contribution in [0, 0.1) is 5.82 Å². The van der Waals surface area contributed by atoms with Gasteiger partial charge in [-0.3, -0.25) is 14.9 Å². The lowest BCUT2D eigenvalue weighted by molar-refractivity contribution is -0.117. The number of aromatic nitrogens is 4. The number of carbonyl (C=O) groups is 1. The van der Waals surface area contributed by atoms with E-state index in [0.29, 0.717) is 15.8 Å². The zero-order valence-electron chi connectivity index (χ0n) is 13.9. The molecule has 0 bridgehead atoms. The molecule has 1 aliphatic carbocycles. The predicted octanol–water partition coefficient (Wildman–Crippen LogP) is 2.16. The normalized spacial score (nSPS) is 13.6. The van der Waals surface area contributed by atoms with Gasteiger partial charge < -0.3 is 4.74 Å². The third-order valence-electron chi connectivity index (χ3n) is 3.86. The highest BCUT2D eigenvalue weighted by Crippen LogP contribution is 2.30. The fourth-order valence-electron chi connectivity index (χ4n) is 2.44. The molecule has 0 aliphatic heterocycles. The number of anilines is 1. The molecule has 10 heteroatoms. The van der Waals surface area contributed by atoms with Crippen LogP contribution in [0.4, 0.5) is 10.3 Å². The van der Waals surface area contributed by atoms with Crippen molar-refractivity contribution in [1.82, 2.24) is 19.7 Å². The van der Waals surface area contributed by atoms with E-state index in [1.165, 1.54) is 0 Å². The summed E-state index contributed by atoms with van der Waals surface area (Å²) < 4.78 is 19.6. The highest BCUT2D eigenvalue weighted by atomic mass is 35.5. The van der Waals surface area contributed by atoms with E-state index in [2.05, 4.69) is 20.4 Å². The Balaban J connectivity index is 1.65. The van der Waals surface area contributed by atoms with Gasteiger partial charge in [0.1, 0.15) is 12.6 Å². The first-order chi connectivity index (χ1) is 13.0. The van der Waals surface area contributed by atoms with Crippen LogP contribution in [-0.4, -0.2) is 31.8 Å². The van der Waals surface area contributed by atoms with Crippen LogP contribution in [0.1, 0.15) is 12.8 Å². The maximum atomic E-state index is 12.8. The average molecular weight is 390 g/mol. The molecule has 1 amide bonds. The lowest BCUT2D eigenvalue weighted by Gasteiger charge is -2.11. The second-order valence-corrected chi connectivity index (χ2v) is 6.48. The molecule has 3 aromatic rings. The third-order valence-corrected chi connectivity index (χ3v) is 4.09. The zero-order valence-corrected chi connectivity index (χ0v) is 14.6. The smallest absolute Gasteiger partial charge is 0.275 e. The Bertz CT molecular complexity index is 1080. The SMILES string of the molecule is O=C(Cn1nc(OC2CC2)c2cc(Cl)ccc2c1=O)Nc1ncc(F)cn1. The van der Waals surface area contributed by atoms with E-state index >= 15 is 0 Å². The van der Waals surface area contributed by atoms with Gasteiger partial charge in [0.2, 0.25) is 17.7 Å². The number of nitrogens with one attached hydrogen (secondary N) is 1. The number of halogens is 2. The summed E-state index contributed by atoms with van der Waals surface area (Å²) in [5.41, 5.74) is -0.458. The van der Waals surface area contributed by atoms with Gasteiger partial charge in [0, 0.05) is 5.02 Å². The second kappa shape index (κ2) is 6.92. The van der Waals surface area contributed by atoms with Crippen molar-refractivity contribution in [1.29, 1.82) is 0 Å². The van der Waals surface area contributed by atoms with E-state index in [1.807, 2.05) is 0 Å². The maximum absolute atomic E-state index is 12.8. The lowest BCUT2D eigenvalue weighted by Crippen LogP contribution is -2.30. The molecule has 0 saturated heterocycles. The molecule has 1 saturated carbocycles. The molecular formula is C17H13ClFN5O3. The Hall–Kier alpha value is -3.07. The first-order valence-electron chi connectivity index (χ1n) is 8.14. The molecule has 0 spiro atoms. The van der Waals surface area contributed by atoms with Crippen molar-refractivity contribution in [3.8, 4) is 5.88 Å². The molecule has 1 aliphatic rings. The number of nitrogens with zero attached hydrogens (tertiary/aromatic N) is 4. The second-order valence-electron chi connectivity index (χ2n) is 6.05. The van der Waals surface area contributed by atoms with Gasteiger partial charge >= 0.3 is 0 Å². The quantitative estimate of drug-likeness (QED) is 0.718. The summed E-state index contributed by atoms with van der Waals surface area (Å²) in [6.45, 7) is -0.376. The van der Waals surface area contributed by atoms with Crippen LogP contribution in [0.2, 0.25) is 5.02 Å². The minimum atomic E-state index is -0.624. The highest BCUT2D eigenvalue weighted by Gasteiger charge is 2.26. The van der Waals surface area contributed by atoms with Crippen LogP contribution in [-0.2, 0) is 11.3 Å². The zero-order chi connectivity index (χ0) is 19.0. The molecule has 1 aromatic carbocycles. The number of rotatable bonds is 5. The van der Waals surface area contributed by atoms with Crippen LogP contribution >= 0.6 is 11.6 Å². The Morgan fingerprint density at radius 2 is 2.04 bits per heavy atom. The van der Waals surface area contributed by atoms with Crippen LogP contribution in [0.25, 0.3) is 10.8 Å². The fourth-order valence-corrected chi connectivity index (χ4v) is 2.62. The molecule has 138 valence electrons. The molecule has 2 heterocycles. The number of amides is 1. The predicted molar refractivity (Wildman–Crippen MR) is 95.3 cm³/mol. The number of hydrogen-bond acceptors (Lipinski definition) is 6. The van der Waals surface area contributed by atoms with Crippen molar-refractivity contribution in [3.63, 3.8) is 0 Å². The topological polar surface area (TPSA) is 99.0 Å². The van der Waals surface area contributed by atoms with Crippen molar-refractivity contribution in [2.24, 2.45) is 0 Å². The Labute approximate surface area is 157 Å². The molecule has 27 heavy (non-hydrogen) atoms. The molecule has 0 atom stereocenters. The summed E-state index contributed by atoms with van der Waals surface area (Å²) in [4.78, 5) is 32.2. The van der Waals surface area contributed by atoms with E-state index < -0.39 is 17.3 Å². The molecule has 0 radical (unpaired) electrons. The number of benzene rings is 1. The van der Waals surface area contributed by atoms with Crippen molar-refractivity contribution < 1.29 is 13.9 Å². The molecular weight excluding hydrogens is 377 g/mol. The summed E-state index contributed by atoms with van der Waals surface area (Å²) in [5, 5.41) is 7.86. The summed E-state index contributed by atoms with van der Waals surface area (Å²) in [5.74, 6) is -1.03. The van der Waals surface area contributed by atoms with Gasteiger partial charge in [-0.1, -0.05) is 11.6 Å². The summed E-state index contributed by atoms with van der Waals surface area (Å²) in [6, 6.07) is 4.77. The van der Waals surface area contributed by atoms with Crippen LogP contribution in [0.3, 0.4) is 0 Å².